The molecule has 2 heterocycles. The Morgan fingerprint density at radius 1 is 1.20 bits per heavy atom. The summed E-state index contributed by atoms with van der Waals surface area (Å²) in [6.45, 7) is 2.47. The van der Waals surface area contributed by atoms with Gasteiger partial charge in [0, 0.05) is 30.7 Å². The molecule has 0 unspecified atom stereocenters. The number of hydrogen-bond acceptors (Lipinski definition) is 7. The molecule has 30 heavy (non-hydrogen) atoms. The molecule has 1 aliphatic rings. The molecule has 0 bridgehead atoms. The minimum Gasteiger partial charge on any atom is -0.497 e. The molecule has 1 N–H and O–H groups in total. The van der Waals surface area contributed by atoms with Crippen molar-refractivity contribution in [2.75, 3.05) is 32.7 Å². The van der Waals surface area contributed by atoms with Crippen molar-refractivity contribution in [2.24, 2.45) is 0 Å². The van der Waals surface area contributed by atoms with Gasteiger partial charge in [0.2, 0.25) is 5.91 Å². The summed E-state index contributed by atoms with van der Waals surface area (Å²) in [5.74, 6) is 0.610. The summed E-state index contributed by atoms with van der Waals surface area (Å²) in [6.07, 6.45) is 0.0580. The molecule has 3 rings (SSSR count). The quantitative estimate of drug-likeness (QED) is 0.758. The zero-order valence-corrected chi connectivity index (χ0v) is 17.1. The lowest BCUT2D eigenvalue weighted by molar-refractivity contribution is -0.117. The van der Waals surface area contributed by atoms with Gasteiger partial charge in [-0.05, 0) is 19.1 Å². The highest BCUT2D eigenvalue weighted by Crippen LogP contribution is 2.29. The molecule has 0 saturated carbocycles. The van der Waals surface area contributed by atoms with E-state index in [1.54, 1.807) is 25.1 Å². The van der Waals surface area contributed by atoms with Crippen LogP contribution in [-0.4, -0.2) is 54.1 Å². The minimum atomic E-state index is -0.420. The molecule has 1 aliphatic heterocycles. The second kappa shape index (κ2) is 9.29. The van der Waals surface area contributed by atoms with Gasteiger partial charge in [0.1, 0.15) is 18.0 Å². The maximum absolute atomic E-state index is 12.5. The molecule has 0 aliphatic carbocycles. The normalized spacial score (nSPS) is 12.7. The predicted octanol–water partition coefficient (Wildman–Crippen LogP) is 1.41. The van der Waals surface area contributed by atoms with Crippen LogP contribution >= 0.6 is 0 Å². The van der Waals surface area contributed by atoms with Gasteiger partial charge in [0.05, 0.1) is 38.8 Å². The zero-order chi connectivity index (χ0) is 21.7. The summed E-state index contributed by atoms with van der Waals surface area (Å²) >= 11 is 0. The van der Waals surface area contributed by atoms with E-state index in [1.165, 1.54) is 25.2 Å². The molecule has 0 spiro atoms. The first kappa shape index (κ1) is 21.2. The molecule has 2 aromatic rings. The summed E-state index contributed by atoms with van der Waals surface area (Å²) < 4.78 is 16.5. The van der Waals surface area contributed by atoms with Crippen LogP contribution in [0.4, 0.5) is 10.5 Å². The Balaban J connectivity index is 1.72. The highest BCUT2D eigenvalue weighted by molar-refractivity contribution is 5.92. The Kier molecular flexibility index (Phi) is 6.55. The van der Waals surface area contributed by atoms with Crippen molar-refractivity contribution in [3.63, 3.8) is 0 Å². The number of hydrogen-bond donors (Lipinski definition) is 1. The molecule has 0 radical (unpaired) electrons. The van der Waals surface area contributed by atoms with Crippen LogP contribution in [0.5, 0.6) is 11.5 Å². The smallest absolute Gasteiger partial charge is 0.410 e. The van der Waals surface area contributed by atoms with Crippen LogP contribution in [0.15, 0.2) is 29.1 Å². The van der Waals surface area contributed by atoms with E-state index < -0.39 is 17.6 Å². The van der Waals surface area contributed by atoms with Crippen LogP contribution in [0.3, 0.4) is 0 Å². The second-order valence-corrected chi connectivity index (χ2v) is 6.60. The maximum atomic E-state index is 12.5. The van der Waals surface area contributed by atoms with E-state index in [2.05, 4.69) is 10.4 Å². The molecular weight excluding hydrogens is 392 g/mol. The number of carbonyl (C=O) groups excluding carboxylic acids is 2. The van der Waals surface area contributed by atoms with Crippen LogP contribution in [0, 0.1) is 0 Å². The Hall–Kier alpha value is -3.56. The van der Waals surface area contributed by atoms with E-state index in [0.29, 0.717) is 41.4 Å². The first-order chi connectivity index (χ1) is 14.4. The summed E-state index contributed by atoms with van der Waals surface area (Å²) in [6, 6.07) is 6.41. The monoisotopic (exact) mass is 416 g/mol. The van der Waals surface area contributed by atoms with Gasteiger partial charge in [-0.25, -0.2) is 9.48 Å². The first-order valence-corrected chi connectivity index (χ1v) is 9.48. The Morgan fingerprint density at radius 3 is 2.70 bits per heavy atom. The van der Waals surface area contributed by atoms with Gasteiger partial charge in [-0.1, -0.05) is 0 Å². The molecule has 0 saturated heterocycles. The van der Waals surface area contributed by atoms with Crippen LogP contribution in [0.2, 0.25) is 0 Å². The SMILES string of the molecule is CCOC(=O)N1CCc2nn(CC(=O)Nc3ccc(OC)cc3OC)c(=O)cc2C1. The number of rotatable bonds is 6. The molecule has 2 amide bonds. The number of nitrogens with one attached hydrogen (secondary N) is 1. The minimum absolute atomic E-state index is 0.247. The highest BCUT2D eigenvalue weighted by atomic mass is 16.6. The topological polar surface area (TPSA) is 112 Å². The van der Waals surface area contributed by atoms with E-state index in [-0.39, 0.29) is 19.7 Å². The van der Waals surface area contributed by atoms with E-state index in [0.717, 1.165) is 4.68 Å². The third-order valence-electron chi connectivity index (χ3n) is 4.65. The van der Waals surface area contributed by atoms with Gasteiger partial charge >= 0.3 is 6.09 Å². The fourth-order valence-corrected chi connectivity index (χ4v) is 3.15. The van der Waals surface area contributed by atoms with Crippen molar-refractivity contribution in [1.29, 1.82) is 0 Å². The lowest BCUT2D eigenvalue weighted by atomic mass is 10.1. The number of aromatic nitrogens is 2. The fourth-order valence-electron chi connectivity index (χ4n) is 3.15. The third-order valence-corrected chi connectivity index (χ3v) is 4.65. The van der Waals surface area contributed by atoms with Gasteiger partial charge < -0.3 is 24.4 Å². The van der Waals surface area contributed by atoms with Crippen molar-refractivity contribution < 1.29 is 23.8 Å². The van der Waals surface area contributed by atoms with E-state index in [4.69, 9.17) is 14.2 Å². The highest BCUT2D eigenvalue weighted by Gasteiger charge is 2.24. The summed E-state index contributed by atoms with van der Waals surface area (Å²) in [4.78, 5) is 38.3. The third kappa shape index (κ3) is 4.70. The molecule has 160 valence electrons. The lowest BCUT2D eigenvalue weighted by Crippen LogP contribution is -2.39. The maximum Gasteiger partial charge on any atom is 0.410 e. The van der Waals surface area contributed by atoms with Gasteiger partial charge in [0.25, 0.3) is 5.56 Å². The van der Waals surface area contributed by atoms with Crippen LogP contribution < -0.4 is 20.3 Å². The van der Waals surface area contributed by atoms with Gasteiger partial charge in [-0.3, -0.25) is 9.59 Å². The number of benzene rings is 1. The Bertz CT molecular complexity index is 1000. The van der Waals surface area contributed by atoms with Crippen molar-refractivity contribution in [1.82, 2.24) is 14.7 Å². The van der Waals surface area contributed by atoms with Crippen molar-refractivity contribution in [3.05, 3.63) is 45.9 Å². The Morgan fingerprint density at radius 2 is 2.00 bits per heavy atom. The average Bonchev–Trinajstić information content (AvgIpc) is 2.74. The molecule has 0 atom stereocenters. The van der Waals surface area contributed by atoms with Crippen molar-refractivity contribution in [2.45, 2.75) is 26.4 Å². The number of carbonyl (C=O) groups is 2. The molecule has 0 fully saturated rings. The average molecular weight is 416 g/mol. The van der Waals surface area contributed by atoms with E-state index >= 15 is 0 Å². The summed E-state index contributed by atoms with van der Waals surface area (Å²) in [5, 5.41) is 7.03. The molecule has 10 heteroatoms. The molecule has 1 aromatic carbocycles. The predicted molar refractivity (Wildman–Crippen MR) is 108 cm³/mol. The number of anilines is 1. The Labute approximate surface area is 173 Å². The number of fused-ring (bicyclic) bond motifs is 1. The summed E-state index contributed by atoms with van der Waals surface area (Å²) in [7, 11) is 3.02. The zero-order valence-electron chi connectivity index (χ0n) is 17.1. The van der Waals surface area contributed by atoms with E-state index in [9.17, 15) is 14.4 Å². The number of methoxy groups -OCH3 is 2. The van der Waals surface area contributed by atoms with Crippen LogP contribution in [-0.2, 0) is 29.0 Å². The lowest BCUT2D eigenvalue weighted by Gasteiger charge is -2.27. The van der Waals surface area contributed by atoms with Gasteiger partial charge in [-0.15, -0.1) is 0 Å². The molecule has 1 aromatic heterocycles. The van der Waals surface area contributed by atoms with Crippen molar-refractivity contribution >= 4 is 17.7 Å². The van der Waals surface area contributed by atoms with Gasteiger partial charge in [-0.2, -0.15) is 5.10 Å². The largest absolute Gasteiger partial charge is 0.497 e. The number of ether oxygens (including phenoxy) is 3. The molecule has 10 nitrogen and oxygen atoms in total. The van der Waals surface area contributed by atoms with Gasteiger partial charge in [0.15, 0.2) is 0 Å². The summed E-state index contributed by atoms with van der Waals surface area (Å²) in [5.41, 5.74) is 1.38. The molecular formula is C20H24N4O6. The van der Waals surface area contributed by atoms with Crippen LogP contribution in [0.1, 0.15) is 18.2 Å². The first-order valence-electron chi connectivity index (χ1n) is 9.48. The van der Waals surface area contributed by atoms with Crippen molar-refractivity contribution in [3.8, 4) is 11.5 Å². The number of amides is 2. The van der Waals surface area contributed by atoms with Crippen LogP contribution in [0.25, 0.3) is 0 Å². The second-order valence-electron chi connectivity index (χ2n) is 6.60. The fraction of sp³-hybridized carbons (Fsp3) is 0.400. The van der Waals surface area contributed by atoms with E-state index in [1.807, 2.05) is 0 Å². The standard InChI is InChI=1S/C20H24N4O6/c1-4-30-20(27)23-8-7-15-13(11-23)9-19(26)24(22-15)12-18(25)21-16-6-5-14(28-2)10-17(16)29-3/h5-6,9-10H,4,7-8,11-12H2,1-3H3,(H,21,25). The number of nitrogens with zero attached hydrogens (tertiary/aromatic N) is 3.